The predicted molar refractivity (Wildman–Crippen MR) is 62.4 cm³/mol. The summed E-state index contributed by atoms with van der Waals surface area (Å²) < 4.78 is 6.80. The molecule has 0 amide bonds. The molecule has 1 fully saturated rings. The summed E-state index contributed by atoms with van der Waals surface area (Å²) in [6.07, 6.45) is 3.87. The Labute approximate surface area is 101 Å². The Morgan fingerprint density at radius 2 is 2.47 bits per heavy atom. The van der Waals surface area contributed by atoms with Crippen LogP contribution < -0.4 is 5.32 Å². The molecule has 0 bridgehead atoms. The minimum atomic E-state index is -0.527. The summed E-state index contributed by atoms with van der Waals surface area (Å²) >= 11 is 0. The van der Waals surface area contributed by atoms with E-state index in [1.165, 1.54) is 12.8 Å². The first kappa shape index (κ1) is 12.5. The van der Waals surface area contributed by atoms with Gasteiger partial charge in [0.2, 0.25) is 0 Å². The van der Waals surface area contributed by atoms with Crippen LogP contribution in [0.2, 0.25) is 0 Å². The Hall–Kier alpha value is -0.980. The molecule has 1 heterocycles. The molecule has 96 valence electrons. The molecule has 0 aromatic carbocycles. The third kappa shape index (κ3) is 4.41. The van der Waals surface area contributed by atoms with Crippen LogP contribution in [0.25, 0.3) is 0 Å². The van der Waals surface area contributed by atoms with Gasteiger partial charge in [-0.15, -0.1) is 5.10 Å². The third-order valence-corrected chi connectivity index (χ3v) is 2.65. The molecule has 2 rings (SSSR count). The second-order valence-corrected chi connectivity index (χ2v) is 4.40. The molecule has 1 saturated carbocycles. The van der Waals surface area contributed by atoms with Gasteiger partial charge in [0, 0.05) is 25.4 Å². The quantitative estimate of drug-likeness (QED) is 0.665. The highest BCUT2D eigenvalue weighted by atomic mass is 16.5. The highest BCUT2D eigenvalue weighted by Crippen LogP contribution is 2.18. The van der Waals surface area contributed by atoms with Gasteiger partial charge in [0.25, 0.3) is 0 Å². The summed E-state index contributed by atoms with van der Waals surface area (Å²) in [5.74, 6) is 0. The fourth-order valence-electron chi connectivity index (χ4n) is 1.57. The lowest BCUT2D eigenvalue weighted by molar-refractivity contribution is 0.0313. The fourth-order valence-corrected chi connectivity index (χ4v) is 1.57. The Kier molecular flexibility index (Phi) is 4.47. The van der Waals surface area contributed by atoms with Gasteiger partial charge in [-0.25, -0.2) is 4.68 Å². The maximum absolute atomic E-state index is 9.64. The molecule has 1 unspecified atom stereocenters. The van der Waals surface area contributed by atoms with Gasteiger partial charge < -0.3 is 15.2 Å². The lowest BCUT2D eigenvalue weighted by Crippen LogP contribution is -2.22. The van der Waals surface area contributed by atoms with E-state index in [9.17, 15) is 5.11 Å². The molecule has 6 heteroatoms. The van der Waals surface area contributed by atoms with Gasteiger partial charge in [-0.05, 0) is 19.8 Å². The minimum Gasteiger partial charge on any atom is -0.389 e. The number of hydrogen-bond donors (Lipinski definition) is 2. The van der Waals surface area contributed by atoms with E-state index < -0.39 is 6.10 Å². The number of hydrogen-bond acceptors (Lipinski definition) is 5. The Morgan fingerprint density at radius 3 is 3.18 bits per heavy atom. The molecule has 1 aliphatic carbocycles. The van der Waals surface area contributed by atoms with Crippen LogP contribution in [0.4, 0.5) is 0 Å². The number of rotatable bonds is 8. The first-order chi connectivity index (χ1) is 8.28. The largest absolute Gasteiger partial charge is 0.389 e. The van der Waals surface area contributed by atoms with E-state index in [0.717, 1.165) is 12.2 Å². The zero-order valence-electron chi connectivity index (χ0n) is 10.2. The van der Waals surface area contributed by atoms with Crippen LogP contribution in [-0.4, -0.2) is 45.5 Å². The molecule has 2 N–H and O–H groups in total. The topological polar surface area (TPSA) is 72.2 Å². The van der Waals surface area contributed by atoms with Crippen LogP contribution in [0.15, 0.2) is 6.20 Å². The predicted octanol–water partition coefficient (Wildman–Crippen LogP) is -0.0725. The molecule has 0 saturated heterocycles. The molecule has 6 nitrogen and oxygen atoms in total. The maximum atomic E-state index is 9.64. The highest BCUT2D eigenvalue weighted by molar-refractivity contribution is 4.94. The van der Waals surface area contributed by atoms with Crippen molar-refractivity contribution in [3.63, 3.8) is 0 Å². The Balaban J connectivity index is 1.72. The van der Waals surface area contributed by atoms with Crippen molar-refractivity contribution in [2.75, 3.05) is 13.2 Å². The van der Waals surface area contributed by atoms with Gasteiger partial charge >= 0.3 is 0 Å². The van der Waals surface area contributed by atoms with Crippen molar-refractivity contribution < 1.29 is 9.84 Å². The SMILES string of the molecule is CCOCC(O)Cn1cc(CNC2CC2)nn1. The first-order valence-electron chi connectivity index (χ1n) is 6.16. The number of ether oxygens (including phenoxy) is 1. The van der Waals surface area contributed by atoms with Crippen molar-refractivity contribution in [2.45, 2.75) is 45.0 Å². The number of aromatic nitrogens is 3. The van der Waals surface area contributed by atoms with Gasteiger partial charge in [0.1, 0.15) is 0 Å². The monoisotopic (exact) mass is 240 g/mol. The van der Waals surface area contributed by atoms with Gasteiger partial charge in [0.05, 0.1) is 24.9 Å². The Morgan fingerprint density at radius 1 is 1.65 bits per heavy atom. The van der Waals surface area contributed by atoms with Gasteiger partial charge in [0.15, 0.2) is 0 Å². The minimum absolute atomic E-state index is 0.339. The van der Waals surface area contributed by atoms with Crippen LogP contribution in [0.3, 0.4) is 0 Å². The lowest BCUT2D eigenvalue weighted by Gasteiger charge is -2.09. The number of nitrogens with one attached hydrogen (secondary N) is 1. The van der Waals surface area contributed by atoms with Gasteiger partial charge in [-0.2, -0.15) is 0 Å². The average Bonchev–Trinajstić information content (AvgIpc) is 3.05. The summed E-state index contributed by atoms with van der Waals surface area (Å²) in [6.45, 7) is 4.05. The normalized spacial score (nSPS) is 17.3. The van der Waals surface area contributed by atoms with Crippen LogP contribution in [0.1, 0.15) is 25.5 Å². The number of nitrogens with zero attached hydrogens (tertiary/aromatic N) is 3. The standard InChI is InChI=1S/C11H20N4O2/c1-2-17-8-11(16)7-15-6-10(13-14-15)5-12-9-3-4-9/h6,9,11-12,16H,2-5,7-8H2,1H3. The van der Waals surface area contributed by atoms with Crippen LogP contribution >= 0.6 is 0 Å². The third-order valence-electron chi connectivity index (χ3n) is 2.65. The molecular formula is C11H20N4O2. The highest BCUT2D eigenvalue weighted by Gasteiger charge is 2.20. The molecule has 0 aliphatic heterocycles. The van der Waals surface area contributed by atoms with Crippen LogP contribution in [0, 0.1) is 0 Å². The number of aliphatic hydroxyl groups is 1. The van der Waals surface area contributed by atoms with Crippen molar-refractivity contribution in [2.24, 2.45) is 0 Å². The molecular weight excluding hydrogens is 220 g/mol. The second kappa shape index (κ2) is 6.09. The zero-order chi connectivity index (χ0) is 12.1. The lowest BCUT2D eigenvalue weighted by atomic mass is 10.4. The molecule has 1 aromatic heterocycles. The maximum Gasteiger partial charge on any atom is 0.0969 e. The second-order valence-electron chi connectivity index (χ2n) is 4.40. The van der Waals surface area contributed by atoms with E-state index in [0.29, 0.717) is 25.8 Å². The van der Waals surface area contributed by atoms with E-state index in [-0.39, 0.29) is 0 Å². The van der Waals surface area contributed by atoms with E-state index in [4.69, 9.17) is 4.74 Å². The van der Waals surface area contributed by atoms with Gasteiger partial charge in [-0.1, -0.05) is 5.21 Å². The zero-order valence-corrected chi connectivity index (χ0v) is 10.2. The smallest absolute Gasteiger partial charge is 0.0969 e. The van der Waals surface area contributed by atoms with Crippen LogP contribution in [0.5, 0.6) is 0 Å². The fraction of sp³-hybridized carbons (Fsp3) is 0.818. The van der Waals surface area contributed by atoms with E-state index in [1.54, 1.807) is 4.68 Å². The average molecular weight is 240 g/mol. The molecule has 1 aromatic rings. The summed E-state index contributed by atoms with van der Waals surface area (Å²) in [4.78, 5) is 0. The van der Waals surface area contributed by atoms with Crippen LogP contribution in [-0.2, 0) is 17.8 Å². The first-order valence-corrected chi connectivity index (χ1v) is 6.16. The summed E-state index contributed by atoms with van der Waals surface area (Å²) in [5.41, 5.74) is 0.917. The Bertz CT molecular complexity index is 338. The molecule has 0 radical (unpaired) electrons. The van der Waals surface area contributed by atoms with E-state index in [2.05, 4.69) is 15.6 Å². The van der Waals surface area contributed by atoms with Crippen molar-refractivity contribution in [3.8, 4) is 0 Å². The van der Waals surface area contributed by atoms with Crippen molar-refractivity contribution in [3.05, 3.63) is 11.9 Å². The van der Waals surface area contributed by atoms with E-state index in [1.807, 2.05) is 13.1 Å². The summed E-state index contributed by atoms with van der Waals surface area (Å²) in [5, 5.41) is 21.0. The molecule has 1 aliphatic rings. The van der Waals surface area contributed by atoms with Crippen molar-refractivity contribution in [1.82, 2.24) is 20.3 Å². The van der Waals surface area contributed by atoms with E-state index >= 15 is 0 Å². The summed E-state index contributed by atoms with van der Waals surface area (Å²) in [7, 11) is 0. The van der Waals surface area contributed by atoms with Crippen molar-refractivity contribution in [1.29, 1.82) is 0 Å². The molecule has 0 spiro atoms. The molecule has 1 atom stereocenters. The van der Waals surface area contributed by atoms with Gasteiger partial charge in [-0.3, -0.25) is 0 Å². The van der Waals surface area contributed by atoms with Crippen molar-refractivity contribution >= 4 is 0 Å². The summed E-state index contributed by atoms with van der Waals surface area (Å²) in [6, 6.07) is 0.670. The number of aliphatic hydroxyl groups excluding tert-OH is 1. The molecule has 17 heavy (non-hydrogen) atoms.